The molecule has 4 heterocycles. The van der Waals surface area contributed by atoms with Gasteiger partial charge in [-0.1, -0.05) is 18.2 Å². The Morgan fingerprint density at radius 1 is 1.23 bits per heavy atom. The number of rotatable bonds is 5. The quantitative estimate of drug-likeness (QED) is 0.703. The number of hydrogen-bond donors (Lipinski definition) is 1. The fourth-order valence-electron chi connectivity index (χ4n) is 4.67. The predicted octanol–water partition coefficient (Wildman–Crippen LogP) is 2.42. The van der Waals surface area contributed by atoms with Crippen LogP contribution in [-0.4, -0.2) is 37.1 Å². The second-order valence-electron chi connectivity index (χ2n) is 8.02. The number of nitrogens with one attached hydrogen (secondary N) is 1. The van der Waals surface area contributed by atoms with Crippen LogP contribution in [0.5, 0.6) is 0 Å². The zero-order valence-corrected chi connectivity index (χ0v) is 17.3. The fraction of sp³-hybridized carbons (Fsp3) is 0.455. The van der Waals surface area contributed by atoms with Crippen LogP contribution in [0.15, 0.2) is 30.3 Å². The highest BCUT2D eigenvalue weighted by atomic mass is 16.5. The van der Waals surface area contributed by atoms with Crippen LogP contribution in [0.2, 0.25) is 0 Å². The van der Waals surface area contributed by atoms with Crippen LogP contribution in [0.3, 0.4) is 0 Å². The molecule has 0 spiro atoms. The summed E-state index contributed by atoms with van der Waals surface area (Å²) in [6.45, 7) is 5.92. The molecule has 1 N–H and O–H groups in total. The molecule has 0 bridgehead atoms. The van der Waals surface area contributed by atoms with Gasteiger partial charge in [-0.3, -0.25) is 4.79 Å². The number of benzene rings is 1. The maximum atomic E-state index is 13.0. The van der Waals surface area contributed by atoms with Gasteiger partial charge in [-0.05, 0) is 38.8 Å². The van der Waals surface area contributed by atoms with Crippen LogP contribution in [-0.2, 0) is 29.0 Å². The summed E-state index contributed by atoms with van der Waals surface area (Å²) < 4.78 is 10.1. The Labute approximate surface area is 175 Å². The number of ether oxygens (including phenoxy) is 1. The molecule has 0 saturated carbocycles. The molecule has 1 aromatic carbocycles. The molecule has 5 rings (SSSR count). The van der Waals surface area contributed by atoms with Crippen LogP contribution >= 0.6 is 0 Å². The average molecular weight is 406 g/mol. The van der Waals surface area contributed by atoms with Crippen molar-refractivity contribution in [3.8, 4) is 5.69 Å². The van der Waals surface area contributed by atoms with Crippen LogP contribution < -0.4 is 5.32 Å². The molecule has 30 heavy (non-hydrogen) atoms. The van der Waals surface area contributed by atoms with E-state index in [4.69, 9.17) is 9.84 Å². The topological polar surface area (TPSA) is 86.9 Å². The fourth-order valence-corrected chi connectivity index (χ4v) is 4.67. The SMILES string of the molecule is Cc1nn(-c2ccccc2)c(C)c1[C@H]1OCC[C@@H]1C(=O)NCc1nnc2n1CCC2. The third-order valence-electron chi connectivity index (χ3n) is 6.17. The van der Waals surface area contributed by atoms with Gasteiger partial charge < -0.3 is 14.6 Å². The zero-order valence-electron chi connectivity index (χ0n) is 17.3. The summed E-state index contributed by atoms with van der Waals surface area (Å²) in [4.78, 5) is 13.0. The molecule has 1 amide bonds. The highest BCUT2D eigenvalue weighted by molar-refractivity contribution is 5.79. The Morgan fingerprint density at radius 3 is 2.90 bits per heavy atom. The van der Waals surface area contributed by atoms with Crippen LogP contribution in [0, 0.1) is 19.8 Å². The molecule has 0 aliphatic carbocycles. The zero-order chi connectivity index (χ0) is 20.7. The van der Waals surface area contributed by atoms with Gasteiger partial charge in [0.05, 0.1) is 29.9 Å². The van der Waals surface area contributed by atoms with Gasteiger partial charge in [-0.15, -0.1) is 10.2 Å². The van der Waals surface area contributed by atoms with Gasteiger partial charge in [0.15, 0.2) is 5.82 Å². The second-order valence-corrected chi connectivity index (χ2v) is 8.02. The summed E-state index contributed by atoms with van der Waals surface area (Å²) in [7, 11) is 0. The Bertz CT molecular complexity index is 1070. The van der Waals surface area contributed by atoms with Gasteiger partial charge in [0.25, 0.3) is 0 Å². The van der Waals surface area contributed by atoms with Crippen LogP contribution in [0.1, 0.15) is 47.5 Å². The van der Waals surface area contributed by atoms with E-state index >= 15 is 0 Å². The predicted molar refractivity (Wildman–Crippen MR) is 110 cm³/mol. The molecule has 2 atom stereocenters. The summed E-state index contributed by atoms with van der Waals surface area (Å²) >= 11 is 0. The molecule has 2 aromatic heterocycles. The van der Waals surface area contributed by atoms with E-state index in [1.807, 2.05) is 48.9 Å². The molecule has 8 nitrogen and oxygen atoms in total. The Balaban J connectivity index is 1.35. The van der Waals surface area contributed by atoms with Crippen molar-refractivity contribution in [3.63, 3.8) is 0 Å². The molecule has 8 heteroatoms. The monoisotopic (exact) mass is 406 g/mol. The molecule has 156 valence electrons. The lowest BCUT2D eigenvalue weighted by molar-refractivity contribution is -0.127. The van der Waals surface area contributed by atoms with E-state index in [9.17, 15) is 4.79 Å². The Morgan fingerprint density at radius 2 is 2.07 bits per heavy atom. The minimum Gasteiger partial charge on any atom is -0.373 e. The minimum absolute atomic E-state index is 0.000826. The van der Waals surface area contributed by atoms with E-state index in [1.54, 1.807) is 0 Å². The summed E-state index contributed by atoms with van der Waals surface area (Å²) in [5, 5.41) is 16.2. The lowest BCUT2D eigenvalue weighted by atomic mass is 9.93. The Kier molecular flexibility index (Phi) is 4.86. The van der Waals surface area contributed by atoms with Gasteiger partial charge in [0.2, 0.25) is 5.91 Å². The number of aryl methyl sites for hydroxylation is 2. The van der Waals surface area contributed by atoms with E-state index in [2.05, 4.69) is 20.1 Å². The average Bonchev–Trinajstić information content (AvgIpc) is 3.51. The molecule has 0 unspecified atom stereocenters. The van der Waals surface area contributed by atoms with Crippen LogP contribution in [0.4, 0.5) is 0 Å². The number of para-hydroxylation sites is 1. The van der Waals surface area contributed by atoms with Crippen molar-refractivity contribution in [1.82, 2.24) is 29.9 Å². The molecule has 3 aromatic rings. The summed E-state index contributed by atoms with van der Waals surface area (Å²) in [6, 6.07) is 10.0. The second kappa shape index (κ2) is 7.68. The lowest BCUT2D eigenvalue weighted by Crippen LogP contribution is -2.33. The lowest BCUT2D eigenvalue weighted by Gasteiger charge is -2.19. The van der Waals surface area contributed by atoms with Gasteiger partial charge in [0.1, 0.15) is 5.82 Å². The van der Waals surface area contributed by atoms with Gasteiger partial charge >= 0.3 is 0 Å². The van der Waals surface area contributed by atoms with Gasteiger partial charge in [0, 0.05) is 30.8 Å². The summed E-state index contributed by atoms with van der Waals surface area (Å²) in [5.41, 5.74) is 3.93. The van der Waals surface area contributed by atoms with Crippen molar-refractivity contribution in [2.24, 2.45) is 5.92 Å². The van der Waals surface area contributed by atoms with E-state index in [1.165, 1.54) is 0 Å². The number of amides is 1. The van der Waals surface area contributed by atoms with E-state index in [0.29, 0.717) is 19.6 Å². The third kappa shape index (κ3) is 3.21. The van der Waals surface area contributed by atoms with Gasteiger partial charge in [-0.2, -0.15) is 5.10 Å². The number of hydrogen-bond acceptors (Lipinski definition) is 5. The maximum absolute atomic E-state index is 13.0. The van der Waals surface area contributed by atoms with Gasteiger partial charge in [-0.25, -0.2) is 4.68 Å². The first-order chi connectivity index (χ1) is 14.6. The third-order valence-corrected chi connectivity index (χ3v) is 6.17. The number of aromatic nitrogens is 5. The highest BCUT2D eigenvalue weighted by Gasteiger charge is 2.38. The number of carbonyl (C=O) groups excluding carboxylic acids is 1. The highest BCUT2D eigenvalue weighted by Crippen LogP contribution is 2.38. The number of carbonyl (C=O) groups is 1. The molecular formula is C22H26N6O2. The normalized spacial score (nSPS) is 20.5. The van der Waals surface area contributed by atoms with E-state index < -0.39 is 0 Å². The summed E-state index contributed by atoms with van der Waals surface area (Å²) in [6.07, 6.45) is 2.47. The standard InChI is InChI=1S/C22H26N6O2/c1-14-20(15(2)28(26-14)16-7-4-3-5-8-16)21-17(10-12-30-21)22(29)23-13-19-25-24-18-9-6-11-27(18)19/h3-5,7-8,17,21H,6,9-13H2,1-2H3,(H,23,29)/t17-,21-/m0/s1. The first kappa shape index (κ1) is 19.0. The smallest absolute Gasteiger partial charge is 0.226 e. The van der Waals surface area contributed by atoms with Crippen LogP contribution in [0.25, 0.3) is 5.69 Å². The molecular weight excluding hydrogens is 380 g/mol. The van der Waals surface area contributed by atoms with E-state index in [0.717, 1.165) is 53.7 Å². The van der Waals surface area contributed by atoms with Crippen molar-refractivity contribution >= 4 is 5.91 Å². The molecule has 1 fully saturated rings. The largest absolute Gasteiger partial charge is 0.373 e. The van der Waals surface area contributed by atoms with Crippen molar-refractivity contribution in [1.29, 1.82) is 0 Å². The van der Waals surface area contributed by atoms with E-state index in [-0.39, 0.29) is 17.9 Å². The molecule has 1 saturated heterocycles. The van der Waals surface area contributed by atoms with Crippen molar-refractivity contribution in [2.75, 3.05) is 6.61 Å². The van der Waals surface area contributed by atoms with Crippen molar-refractivity contribution < 1.29 is 9.53 Å². The number of nitrogens with zero attached hydrogens (tertiary/aromatic N) is 5. The molecule has 2 aliphatic heterocycles. The Hall–Kier alpha value is -3.00. The maximum Gasteiger partial charge on any atom is 0.226 e. The summed E-state index contributed by atoms with van der Waals surface area (Å²) in [5.74, 6) is 1.60. The van der Waals surface area contributed by atoms with Crippen molar-refractivity contribution in [2.45, 2.75) is 52.3 Å². The first-order valence-electron chi connectivity index (χ1n) is 10.6. The minimum atomic E-state index is -0.286. The molecule has 2 aliphatic rings. The molecule has 0 radical (unpaired) electrons. The van der Waals surface area contributed by atoms with Crippen molar-refractivity contribution in [3.05, 3.63) is 58.9 Å². The number of fused-ring (bicyclic) bond motifs is 1. The first-order valence-corrected chi connectivity index (χ1v) is 10.6.